The van der Waals surface area contributed by atoms with Crippen molar-refractivity contribution in [1.82, 2.24) is 34.1 Å². The van der Waals surface area contributed by atoms with E-state index in [1.54, 1.807) is 48.0 Å². The Morgan fingerprint density at radius 3 is 2.68 bits per heavy atom. The van der Waals surface area contributed by atoms with Gasteiger partial charge in [-0.15, -0.1) is 0 Å². The fraction of sp³-hybridized carbons (Fsp3) is 0.333. The molecule has 31 heavy (non-hydrogen) atoms. The van der Waals surface area contributed by atoms with Crippen LogP contribution in [0.5, 0.6) is 0 Å². The Kier molecular flexibility index (Phi) is 4.61. The third-order valence-corrected chi connectivity index (χ3v) is 5.71. The van der Waals surface area contributed by atoms with Crippen LogP contribution in [0.4, 0.5) is 5.95 Å². The lowest BCUT2D eigenvalue weighted by molar-refractivity contribution is 0.483. The van der Waals surface area contributed by atoms with E-state index in [1.165, 1.54) is 10.7 Å². The van der Waals surface area contributed by atoms with Crippen LogP contribution in [0, 0.1) is 0 Å². The van der Waals surface area contributed by atoms with Gasteiger partial charge in [0.2, 0.25) is 5.95 Å². The van der Waals surface area contributed by atoms with Crippen molar-refractivity contribution in [3.8, 4) is 11.3 Å². The molecule has 4 aromatic rings. The van der Waals surface area contributed by atoms with Crippen molar-refractivity contribution >= 4 is 17.0 Å². The molecule has 0 spiro atoms. The Morgan fingerprint density at radius 1 is 1.06 bits per heavy atom. The highest BCUT2D eigenvalue weighted by Crippen LogP contribution is 2.25. The summed E-state index contributed by atoms with van der Waals surface area (Å²) in [6.07, 6.45) is 6.91. The van der Waals surface area contributed by atoms with E-state index in [1.807, 2.05) is 12.1 Å². The molecule has 5 heterocycles. The van der Waals surface area contributed by atoms with Crippen LogP contribution in [0.15, 0.2) is 52.4 Å². The molecule has 10 heteroatoms. The molecule has 10 nitrogen and oxygen atoms in total. The largest absolute Gasteiger partial charge is 0.337 e. The van der Waals surface area contributed by atoms with Gasteiger partial charge in [-0.3, -0.25) is 23.8 Å². The average Bonchev–Trinajstić information content (AvgIpc) is 3.39. The Hall–Kier alpha value is -3.82. The normalized spacial score (nSPS) is 16.3. The SMILES string of the molecule is Cn1cc2c(=O)n(C)c(N3CCCC3Cn3nc(-c4ccncc4)ccc3=O)nc2n1. The topological polar surface area (TPSA) is 104 Å². The molecule has 1 saturated heterocycles. The van der Waals surface area contributed by atoms with Crippen LogP contribution in [0.3, 0.4) is 0 Å². The smallest absolute Gasteiger partial charge is 0.266 e. The fourth-order valence-electron chi connectivity index (χ4n) is 4.15. The summed E-state index contributed by atoms with van der Waals surface area (Å²) >= 11 is 0. The molecule has 0 bridgehead atoms. The maximum Gasteiger partial charge on any atom is 0.266 e. The van der Waals surface area contributed by atoms with Gasteiger partial charge >= 0.3 is 0 Å². The molecular weight excluding hydrogens is 396 g/mol. The first-order chi connectivity index (χ1) is 15.0. The lowest BCUT2D eigenvalue weighted by atomic mass is 10.2. The minimum atomic E-state index is -0.160. The number of pyridine rings is 1. The van der Waals surface area contributed by atoms with E-state index in [2.05, 4.69) is 25.1 Å². The molecular formula is C21H22N8O2. The Labute approximate surface area is 177 Å². The molecule has 0 aliphatic carbocycles. The van der Waals surface area contributed by atoms with Gasteiger partial charge in [-0.05, 0) is 31.0 Å². The van der Waals surface area contributed by atoms with Crippen molar-refractivity contribution in [3.05, 3.63) is 63.6 Å². The minimum Gasteiger partial charge on any atom is -0.337 e. The lowest BCUT2D eigenvalue weighted by Crippen LogP contribution is -2.40. The van der Waals surface area contributed by atoms with Crippen LogP contribution < -0.4 is 16.0 Å². The predicted molar refractivity (Wildman–Crippen MR) is 116 cm³/mol. The molecule has 0 saturated carbocycles. The van der Waals surface area contributed by atoms with Crippen molar-refractivity contribution in [2.75, 3.05) is 11.4 Å². The first-order valence-corrected chi connectivity index (χ1v) is 10.2. The zero-order chi connectivity index (χ0) is 21.5. The number of aromatic nitrogens is 7. The zero-order valence-electron chi connectivity index (χ0n) is 17.3. The lowest BCUT2D eigenvalue weighted by Gasteiger charge is -2.27. The van der Waals surface area contributed by atoms with Crippen LogP contribution in [-0.4, -0.2) is 46.7 Å². The van der Waals surface area contributed by atoms with E-state index >= 15 is 0 Å². The second kappa shape index (κ2) is 7.46. The van der Waals surface area contributed by atoms with Gasteiger partial charge in [0.15, 0.2) is 5.65 Å². The quantitative estimate of drug-likeness (QED) is 0.486. The third kappa shape index (κ3) is 3.39. The molecule has 0 radical (unpaired) electrons. The number of rotatable bonds is 4. The number of nitrogens with zero attached hydrogens (tertiary/aromatic N) is 8. The van der Waals surface area contributed by atoms with Crippen LogP contribution in [0.25, 0.3) is 22.3 Å². The highest BCUT2D eigenvalue weighted by molar-refractivity contribution is 5.74. The molecule has 5 rings (SSSR count). The van der Waals surface area contributed by atoms with Gasteiger partial charge in [-0.2, -0.15) is 15.2 Å². The Bertz CT molecular complexity index is 1370. The molecule has 158 valence electrons. The van der Waals surface area contributed by atoms with Crippen molar-refractivity contribution < 1.29 is 0 Å². The second-order valence-electron chi connectivity index (χ2n) is 7.78. The number of fused-ring (bicyclic) bond motifs is 1. The average molecular weight is 418 g/mol. The predicted octanol–water partition coefficient (Wildman–Crippen LogP) is 0.955. The standard InChI is InChI=1S/C21H22N8O2/c1-26-13-16-19(25-26)23-21(27(2)20(16)31)28-11-3-4-15(28)12-29-18(30)6-5-17(24-29)14-7-9-22-10-8-14/h5-10,13,15H,3-4,11-12H2,1-2H3. The van der Waals surface area contributed by atoms with Crippen molar-refractivity contribution in [3.63, 3.8) is 0 Å². The molecule has 1 aliphatic heterocycles. The summed E-state index contributed by atoms with van der Waals surface area (Å²) in [7, 11) is 3.49. The van der Waals surface area contributed by atoms with Gasteiger partial charge in [-0.25, -0.2) is 4.68 Å². The number of hydrogen-bond acceptors (Lipinski definition) is 7. The third-order valence-electron chi connectivity index (χ3n) is 5.71. The van der Waals surface area contributed by atoms with Gasteiger partial charge in [0.25, 0.3) is 11.1 Å². The summed E-state index contributed by atoms with van der Waals surface area (Å²) < 4.78 is 4.65. The maximum atomic E-state index is 12.8. The van der Waals surface area contributed by atoms with E-state index in [-0.39, 0.29) is 17.2 Å². The molecule has 0 N–H and O–H groups in total. The van der Waals surface area contributed by atoms with E-state index in [4.69, 9.17) is 0 Å². The van der Waals surface area contributed by atoms with Crippen molar-refractivity contribution in [2.24, 2.45) is 14.1 Å². The Balaban J connectivity index is 1.50. The summed E-state index contributed by atoms with van der Waals surface area (Å²) in [5.41, 5.74) is 1.75. The number of hydrogen-bond donors (Lipinski definition) is 0. The summed E-state index contributed by atoms with van der Waals surface area (Å²) in [5.74, 6) is 0.567. The number of anilines is 1. The first-order valence-electron chi connectivity index (χ1n) is 10.2. The van der Waals surface area contributed by atoms with E-state index in [0.29, 0.717) is 29.2 Å². The van der Waals surface area contributed by atoms with Crippen LogP contribution in [-0.2, 0) is 20.6 Å². The van der Waals surface area contributed by atoms with Crippen LogP contribution in [0.1, 0.15) is 12.8 Å². The van der Waals surface area contributed by atoms with E-state index in [9.17, 15) is 9.59 Å². The molecule has 1 atom stereocenters. The molecule has 4 aromatic heterocycles. The Morgan fingerprint density at radius 2 is 1.87 bits per heavy atom. The van der Waals surface area contributed by atoms with Gasteiger partial charge < -0.3 is 4.90 Å². The van der Waals surface area contributed by atoms with Gasteiger partial charge in [0, 0.05) is 50.9 Å². The highest BCUT2D eigenvalue weighted by Gasteiger charge is 2.29. The summed E-state index contributed by atoms with van der Waals surface area (Å²) in [4.78, 5) is 36.1. The zero-order valence-corrected chi connectivity index (χ0v) is 17.3. The van der Waals surface area contributed by atoms with Gasteiger partial charge in [0.05, 0.1) is 18.3 Å². The van der Waals surface area contributed by atoms with Crippen molar-refractivity contribution in [2.45, 2.75) is 25.4 Å². The fourth-order valence-corrected chi connectivity index (χ4v) is 4.15. The second-order valence-corrected chi connectivity index (χ2v) is 7.78. The van der Waals surface area contributed by atoms with Crippen molar-refractivity contribution in [1.29, 1.82) is 0 Å². The molecule has 0 amide bonds. The molecule has 1 aliphatic rings. The van der Waals surface area contributed by atoms with Crippen LogP contribution >= 0.6 is 0 Å². The highest BCUT2D eigenvalue weighted by atomic mass is 16.1. The van der Waals surface area contributed by atoms with Crippen LogP contribution in [0.2, 0.25) is 0 Å². The minimum absolute atomic E-state index is 0.00264. The number of aryl methyl sites for hydroxylation is 1. The molecule has 1 fully saturated rings. The summed E-state index contributed by atoms with van der Waals surface area (Å²) in [6, 6.07) is 6.98. The van der Waals surface area contributed by atoms with E-state index < -0.39 is 0 Å². The summed E-state index contributed by atoms with van der Waals surface area (Å²) in [6.45, 7) is 1.16. The molecule has 1 unspecified atom stereocenters. The van der Waals surface area contributed by atoms with Gasteiger partial charge in [0.1, 0.15) is 5.39 Å². The maximum absolute atomic E-state index is 12.8. The summed E-state index contributed by atoms with van der Waals surface area (Å²) in [5, 5.41) is 9.37. The monoisotopic (exact) mass is 418 g/mol. The van der Waals surface area contributed by atoms with E-state index in [0.717, 1.165) is 24.9 Å². The molecule has 0 aromatic carbocycles. The first kappa shape index (κ1) is 19.2. The van der Waals surface area contributed by atoms with Gasteiger partial charge in [-0.1, -0.05) is 0 Å².